The Bertz CT molecular complexity index is 1120. The van der Waals surface area contributed by atoms with E-state index in [2.05, 4.69) is 9.97 Å². The van der Waals surface area contributed by atoms with Gasteiger partial charge in [0.1, 0.15) is 5.39 Å². The molecule has 3 heterocycles. The molecule has 0 saturated carbocycles. The van der Waals surface area contributed by atoms with Crippen molar-refractivity contribution in [3.05, 3.63) is 75.3 Å². The number of hydrogen-bond acceptors (Lipinski definition) is 4. The Balaban J connectivity index is 1.76. The summed E-state index contributed by atoms with van der Waals surface area (Å²) in [5.41, 5.74) is 1.86. The van der Waals surface area contributed by atoms with Gasteiger partial charge in [-0.25, -0.2) is 14.6 Å². The van der Waals surface area contributed by atoms with Crippen molar-refractivity contribution in [2.75, 3.05) is 0 Å². The highest BCUT2D eigenvalue weighted by Crippen LogP contribution is 2.18. The third-order valence-corrected chi connectivity index (χ3v) is 3.94. The summed E-state index contributed by atoms with van der Waals surface area (Å²) in [5.74, 6) is -0.680. The normalized spacial score (nSPS) is 11.3. The Morgan fingerprint density at radius 2 is 1.91 bits per heavy atom. The van der Waals surface area contributed by atoms with Gasteiger partial charge in [0, 0.05) is 29.8 Å². The molecular formula is C17H13N3O3. The molecule has 4 rings (SSSR count). The lowest BCUT2D eigenvalue weighted by molar-refractivity contribution is 0.415. The second-order valence-corrected chi connectivity index (χ2v) is 5.29. The number of nitrogens with one attached hydrogen (secondary N) is 1. The van der Waals surface area contributed by atoms with Crippen molar-refractivity contribution in [2.45, 2.75) is 13.0 Å². The summed E-state index contributed by atoms with van der Waals surface area (Å²) < 4.78 is 6.18. The Morgan fingerprint density at radius 1 is 1.09 bits per heavy atom. The van der Waals surface area contributed by atoms with Crippen LogP contribution in [0.1, 0.15) is 5.56 Å². The van der Waals surface area contributed by atoms with E-state index in [1.54, 1.807) is 18.3 Å². The summed E-state index contributed by atoms with van der Waals surface area (Å²) >= 11 is 0. The zero-order valence-electron chi connectivity index (χ0n) is 12.2. The molecule has 0 aliphatic carbocycles. The third kappa shape index (κ3) is 2.24. The van der Waals surface area contributed by atoms with E-state index in [0.29, 0.717) is 24.0 Å². The number of hydrogen-bond donors (Lipinski definition) is 1. The number of H-pyrrole nitrogens is 1. The van der Waals surface area contributed by atoms with E-state index in [1.165, 1.54) is 4.57 Å². The highest BCUT2D eigenvalue weighted by atomic mass is 16.4. The highest BCUT2D eigenvalue weighted by Gasteiger charge is 2.11. The van der Waals surface area contributed by atoms with Crippen molar-refractivity contribution in [1.29, 1.82) is 0 Å². The van der Waals surface area contributed by atoms with Crippen LogP contribution in [0.4, 0.5) is 0 Å². The Hall–Kier alpha value is -3.15. The number of nitrogens with zero attached hydrogens (tertiary/aromatic N) is 2. The molecule has 0 radical (unpaired) electrons. The van der Waals surface area contributed by atoms with Crippen LogP contribution in [0, 0.1) is 0 Å². The van der Waals surface area contributed by atoms with Gasteiger partial charge in [-0.15, -0.1) is 0 Å². The van der Waals surface area contributed by atoms with Crippen LogP contribution in [0.3, 0.4) is 0 Å². The minimum atomic E-state index is -0.680. The van der Waals surface area contributed by atoms with Crippen LogP contribution in [0.2, 0.25) is 0 Å². The first kappa shape index (κ1) is 13.5. The number of aryl methyl sites for hydroxylation is 2. The SMILES string of the molecule is O=c1oc(=O)n(CCc2c[nH]c3ccccc23)c2ncccc12. The molecule has 0 unspecified atom stereocenters. The molecule has 6 heteroatoms. The van der Waals surface area contributed by atoms with Crippen molar-refractivity contribution >= 4 is 21.9 Å². The van der Waals surface area contributed by atoms with Crippen molar-refractivity contribution in [3.63, 3.8) is 0 Å². The van der Waals surface area contributed by atoms with Crippen LogP contribution in [0.15, 0.2) is 62.8 Å². The van der Waals surface area contributed by atoms with Crippen LogP contribution in [0.25, 0.3) is 21.9 Å². The lowest BCUT2D eigenvalue weighted by Gasteiger charge is -2.06. The van der Waals surface area contributed by atoms with Crippen LogP contribution >= 0.6 is 0 Å². The van der Waals surface area contributed by atoms with E-state index in [1.807, 2.05) is 30.5 Å². The fourth-order valence-corrected chi connectivity index (χ4v) is 2.82. The predicted molar refractivity (Wildman–Crippen MR) is 86.5 cm³/mol. The van der Waals surface area contributed by atoms with Gasteiger partial charge < -0.3 is 9.40 Å². The summed E-state index contributed by atoms with van der Waals surface area (Å²) in [6.45, 7) is 0.387. The van der Waals surface area contributed by atoms with Gasteiger partial charge >= 0.3 is 11.4 Å². The maximum absolute atomic E-state index is 12.0. The van der Waals surface area contributed by atoms with Gasteiger partial charge in [0.15, 0.2) is 5.65 Å². The number of rotatable bonds is 3. The molecule has 0 aliphatic rings. The molecule has 4 aromatic rings. The minimum Gasteiger partial charge on any atom is -0.372 e. The molecule has 3 aromatic heterocycles. The summed E-state index contributed by atoms with van der Waals surface area (Å²) in [4.78, 5) is 31.1. The lowest BCUT2D eigenvalue weighted by atomic mass is 10.1. The molecule has 0 fully saturated rings. The molecule has 0 atom stereocenters. The molecular weight excluding hydrogens is 294 g/mol. The van der Waals surface area contributed by atoms with E-state index in [-0.39, 0.29) is 0 Å². The number of fused-ring (bicyclic) bond motifs is 2. The highest BCUT2D eigenvalue weighted by molar-refractivity contribution is 5.83. The second kappa shape index (κ2) is 5.24. The minimum absolute atomic E-state index is 0.311. The standard InChI is InChI=1S/C17H13N3O3/c21-16-13-5-3-8-18-15(13)20(17(22)23-16)9-7-11-10-19-14-6-2-1-4-12(11)14/h1-6,8,10,19H,7,9H2. The fourth-order valence-electron chi connectivity index (χ4n) is 2.82. The molecule has 0 spiro atoms. The number of pyridine rings is 1. The van der Waals surface area contributed by atoms with Crippen molar-refractivity contribution in [3.8, 4) is 0 Å². The molecule has 0 saturated heterocycles. The number of para-hydroxylation sites is 1. The first-order valence-corrected chi connectivity index (χ1v) is 7.28. The maximum atomic E-state index is 12.0. The average Bonchev–Trinajstić information content (AvgIpc) is 2.98. The molecule has 1 aromatic carbocycles. The molecule has 0 bridgehead atoms. The van der Waals surface area contributed by atoms with E-state index < -0.39 is 11.4 Å². The van der Waals surface area contributed by atoms with Crippen LogP contribution in [0.5, 0.6) is 0 Å². The number of aromatic nitrogens is 3. The zero-order chi connectivity index (χ0) is 15.8. The molecule has 0 aliphatic heterocycles. The van der Waals surface area contributed by atoms with Crippen molar-refractivity contribution in [1.82, 2.24) is 14.5 Å². The fraction of sp³-hybridized carbons (Fsp3) is 0.118. The molecule has 23 heavy (non-hydrogen) atoms. The van der Waals surface area contributed by atoms with Crippen LogP contribution in [-0.2, 0) is 13.0 Å². The summed E-state index contributed by atoms with van der Waals surface area (Å²) in [6, 6.07) is 11.2. The topological polar surface area (TPSA) is 80.9 Å². The first-order valence-electron chi connectivity index (χ1n) is 7.28. The van der Waals surface area contributed by atoms with Crippen LogP contribution in [-0.4, -0.2) is 14.5 Å². The van der Waals surface area contributed by atoms with Gasteiger partial charge in [0.2, 0.25) is 0 Å². The molecule has 0 amide bonds. The van der Waals surface area contributed by atoms with Crippen LogP contribution < -0.4 is 11.4 Å². The summed E-state index contributed by atoms with van der Waals surface area (Å²) in [5, 5.41) is 1.43. The van der Waals surface area contributed by atoms with E-state index >= 15 is 0 Å². The summed E-state index contributed by atoms with van der Waals surface area (Å²) in [6.07, 6.45) is 4.12. The van der Waals surface area contributed by atoms with E-state index in [4.69, 9.17) is 4.42 Å². The molecule has 114 valence electrons. The largest absolute Gasteiger partial charge is 0.423 e. The third-order valence-electron chi connectivity index (χ3n) is 3.94. The van der Waals surface area contributed by atoms with Gasteiger partial charge in [-0.3, -0.25) is 4.57 Å². The van der Waals surface area contributed by atoms with Gasteiger partial charge in [0.05, 0.1) is 0 Å². The first-order chi connectivity index (χ1) is 11.2. The zero-order valence-corrected chi connectivity index (χ0v) is 12.2. The Morgan fingerprint density at radius 3 is 2.83 bits per heavy atom. The Labute approximate surface area is 130 Å². The average molecular weight is 307 g/mol. The molecule has 6 nitrogen and oxygen atoms in total. The number of aromatic amines is 1. The lowest BCUT2D eigenvalue weighted by Crippen LogP contribution is -2.26. The van der Waals surface area contributed by atoms with Gasteiger partial charge in [-0.2, -0.15) is 0 Å². The van der Waals surface area contributed by atoms with Crippen molar-refractivity contribution in [2.24, 2.45) is 0 Å². The van der Waals surface area contributed by atoms with E-state index in [0.717, 1.165) is 16.5 Å². The monoisotopic (exact) mass is 307 g/mol. The number of benzene rings is 1. The van der Waals surface area contributed by atoms with Gasteiger partial charge in [0.25, 0.3) is 0 Å². The van der Waals surface area contributed by atoms with Gasteiger partial charge in [-0.1, -0.05) is 18.2 Å². The second-order valence-electron chi connectivity index (χ2n) is 5.29. The van der Waals surface area contributed by atoms with Crippen molar-refractivity contribution < 1.29 is 4.42 Å². The predicted octanol–water partition coefficient (Wildman–Crippen LogP) is 2.07. The summed E-state index contributed by atoms with van der Waals surface area (Å²) in [7, 11) is 0. The maximum Gasteiger partial charge on any atom is 0.423 e. The van der Waals surface area contributed by atoms with Gasteiger partial charge in [-0.05, 0) is 30.2 Å². The Kier molecular flexibility index (Phi) is 3.08. The quantitative estimate of drug-likeness (QED) is 0.628. The smallest absolute Gasteiger partial charge is 0.372 e. The molecule has 1 N–H and O–H groups in total. The van der Waals surface area contributed by atoms with E-state index in [9.17, 15) is 9.59 Å².